The SMILES string of the molecule is CN1CCCN(C2CCN(c3ncccc3[N+](=O)[O-])CC2)C1=O. The number of hydrogen-bond acceptors (Lipinski definition) is 5. The molecule has 8 heteroatoms. The van der Waals surface area contributed by atoms with Crippen molar-refractivity contribution in [2.75, 3.05) is 38.1 Å². The maximum Gasteiger partial charge on any atom is 0.319 e. The van der Waals surface area contributed by atoms with Gasteiger partial charge in [0.25, 0.3) is 0 Å². The lowest BCUT2D eigenvalue weighted by molar-refractivity contribution is -0.384. The second-order valence-corrected chi connectivity index (χ2v) is 6.07. The molecule has 0 aromatic carbocycles. The van der Waals surface area contributed by atoms with Crippen molar-refractivity contribution >= 4 is 17.5 Å². The molecule has 2 aliphatic heterocycles. The van der Waals surface area contributed by atoms with Crippen LogP contribution >= 0.6 is 0 Å². The fourth-order valence-corrected chi connectivity index (χ4v) is 3.39. The van der Waals surface area contributed by atoms with Gasteiger partial charge in [0.05, 0.1) is 4.92 Å². The number of nitrogens with zero attached hydrogens (tertiary/aromatic N) is 5. The monoisotopic (exact) mass is 319 g/mol. The average Bonchev–Trinajstić information content (AvgIpc) is 2.57. The number of rotatable bonds is 3. The Morgan fingerprint density at radius 2 is 2.00 bits per heavy atom. The Kier molecular flexibility index (Phi) is 4.31. The molecule has 3 heterocycles. The first-order valence-corrected chi connectivity index (χ1v) is 7.94. The molecule has 0 bridgehead atoms. The number of urea groups is 1. The van der Waals surface area contributed by atoms with E-state index in [0.717, 1.165) is 32.4 Å². The van der Waals surface area contributed by atoms with Crippen molar-refractivity contribution in [2.45, 2.75) is 25.3 Å². The Labute approximate surface area is 134 Å². The van der Waals surface area contributed by atoms with E-state index >= 15 is 0 Å². The molecule has 1 aromatic heterocycles. The smallest absolute Gasteiger partial charge is 0.319 e. The third-order valence-electron chi connectivity index (χ3n) is 4.63. The molecule has 23 heavy (non-hydrogen) atoms. The first kappa shape index (κ1) is 15.5. The van der Waals surface area contributed by atoms with E-state index < -0.39 is 4.92 Å². The molecule has 0 aliphatic carbocycles. The third-order valence-corrected chi connectivity index (χ3v) is 4.63. The molecule has 0 unspecified atom stereocenters. The summed E-state index contributed by atoms with van der Waals surface area (Å²) >= 11 is 0. The van der Waals surface area contributed by atoms with Gasteiger partial charge in [-0.1, -0.05) is 0 Å². The Balaban J connectivity index is 1.67. The van der Waals surface area contributed by atoms with Gasteiger partial charge in [0.1, 0.15) is 0 Å². The van der Waals surface area contributed by atoms with Gasteiger partial charge < -0.3 is 14.7 Å². The highest BCUT2D eigenvalue weighted by Gasteiger charge is 2.33. The standard InChI is InChI=1S/C15H21N5O3/c1-17-8-3-9-19(15(17)21)12-5-10-18(11-6-12)14-13(20(22)23)4-2-7-16-14/h2,4,7,12H,3,5-6,8-11H2,1H3. The van der Waals surface area contributed by atoms with Crippen molar-refractivity contribution in [3.8, 4) is 0 Å². The molecule has 2 saturated heterocycles. The van der Waals surface area contributed by atoms with Crippen LogP contribution in [0.5, 0.6) is 0 Å². The van der Waals surface area contributed by atoms with Crippen LogP contribution in [0.1, 0.15) is 19.3 Å². The molecule has 2 amide bonds. The molecule has 124 valence electrons. The first-order chi connectivity index (χ1) is 11.1. The van der Waals surface area contributed by atoms with E-state index in [1.165, 1.54) is 6.07 Å². The second kappa shape index (κ2) is 6.39. The average molecular weight is 319 g/mol. The topological polar surface area (TPSA) is 82.8 Å². The van der Waals surface area contributed by atoms with E-state index in [1.54, 1.807) is 17.2 Å². The van der Waals surface area contributed by atoms with Crippen LogP contribution in [0, 0.1) is 10.1 Å². The quantitative estimate of drug-likeness (QED) is 0.626. The fraction of sp³-hybridized carbons (Fsp3) is 0.600. The highest BCUT2D eigenvalue weighted by Crippen LogP contribution is 2.29. The van der Waals surface area contributed by atoms with E-state index in [1.807, 2.05) is 16.8 Å². The number of nitro groups is 1. The zero-order valence-corrected chi connectivity index (χ0v) is 13.2. The van der Waals surface area contributed by atoms with E-state index in [9.17, 15) is 14.9 Å². The van der Waals surface area contributed by atoms with Crippen LogP contribution in [-0.2, 0) is 0 Å². The Hall–Kier alpha value is -2.38. The molecular formula is C15H21N5O3. The van der Waals surface area contributed by atoms with E-state index in [4.69, 9.17) is 0 Å². The van der Waals surface area contributed by atoms with Crippen molar-refractivity contribution in [1.29, 1.82) is 0 Å². The van der Waals surface area contributed by atoms with Gasteiger partial charge >= 0.3 is 11.7 Å². The summed E-state index contributed by atoms with van der Waals surface area (Å²) in [6, 6.07) is 3.37. The predicted octanol–water partition coefficient (Wildman–Crippen LogP) is 1.72. The van der Waals surface area contributed by atoms with Crippen LogP contribution in [0.25, 0.3) is 0 Å². The molecule has 8 nitrogen and oxygen atoms in total. The summed E-state index contributed by atoms with van der Waals surface area (Å²) in [5.41, 5.74) is 0.0414. The number of anilines is 1. The highest BCUT2D eigenvalue weighted by atomic mass is 16.6. The van der Waals surface area contributed by atoms with Crippen LogP contribution in [0.4, 0.5) is 16.3 Å². The van der Waals surface area contributed by atoms with Crippen LogP contribution in [0.15, 0.2) is 18.3 Å². The molecule has 0 atom stereocenters. The lowest BCUT2D eigenvalue weighted by Crippen LogP contribution is -2.54. The molecule has 2 fully saturated rings. The minimum Gasteiger partial charge on any atom is -0.351 e. The van der Waals surface area contributed by atoms with Gasteiger partial charge in [-0.3, -0.25) is 10.1 Å². The molecule has 2 aliphatic rings. The minimum atomic E-state index is -0.391. The molecular weight excluding hydrogens is 298 g/mol. The van der Waals surface area contributed by atoms with Crippen LogP contribution in [-0.4, -0.2) is 65.0 Å². The van der Waals surface area contributed by atoms with Gasteiger partial charge in [-0.25, -0.2) is 9.78 Å². The number of carbonyl (C=O) groups is 1. The normalized spacial score (nSPS) is 20.0. The zero-order chi connectivity index (χ0) is 16.4. The summed E-state index contributed by atoms with van der Waals surface area (Å²) in [6.45, 7) is 2.97. The predicted molar refractivity (Wildman–Crippen MR) is 85.5 cm³/mol. The van der Waals surface area contributed by atoms with Crippen molar-refractivity contribution in [2.24, 2.45) is 0 Å². The van der Waals surface area contributed by atoms with Gasteiger partial charge in [-0.05, 0) is 25.3 Å². The van der Waals surface area contributed by atoms with Crippen molar-refractivity contribution in [1.82, 2.24) is 14.8 Å². The van der Waals surface area contributed by atoms with Gasteiger partial charge in [0.2, 0.25) is 5.82 Å². The van der Waals surface area contributed by atoms with Crippen molar-refractivity contribution < 1.29 is 9.72 Å². The number of hydrogen-bond donors (Lipinski definition) is 0. The summed E-state index contributed by atoms with van der Waals surface area (Å²) in [5, 5.41) is 11.1. The van der Waals surface area contributed by atoms with Crippen molar-refractivity contribution in [3.63, 3.8) is 0 Å². The van der Waals surface area contributed by atoms with E-state index in [2.05, 4.69) is 4.98 Å². The van der Waals surface area contributed by atoms with Crippen molar-refractivity contribution in [3.05, 3.63) is 28.4 Å². The molecule has 0 radical (unpaired) electrons. The maximum absolute atomic E-state index is 12.3. The first-order valence-electron chi connectivity index (χ1n) is 7.94. The molecule has 0 N–H and O–H groups in total. The molecule has 0 spiro atoms. The Morgan fingerprint density at radius 1 is 1.26 bits per heavy atom. The highest BCUT2D eigenvalue weighted by molar-refractivity contribution is 5.75. The summed E-state index contributed by atoms with van der Waals surface area (Å²) in [5.74, 6) is 0.429. The summed E-state index contributed by atoms with van der Waals surface area (Å²) in [4.78, 5) is 32.9. The Bertz CT molecular complexity index is 601. The lowest BCUT2D eigenvalue weighted by Gasteiger charge is -2.42. The summed E-state index contributed by atoms with van der Waals surface area (Å²) < 4.78 is 0. The maximum atomic E-state index is 12.3. The van der Waals surface area contributed by atoms with Crippen LogP contribution in [0.3, 0.4) is 0 Å². The number of aromatic nitrogens is 1. The Morgan fingerprint density at radius 3 is 2.70 bits per heavy atom. The lowest BCUT2D eigenvalue weighted by atomic mass is 10.0. The van der Waals surface area contributed by atoms with E-state index in [0.29, 0.717) is 18.9 Å². The van der Waals surface area contributed by atoms with Gasteiger partial charge in [0.15, 0.2) is 0 Å². The van der Waals surface area contributed by atoms with Gasteiger partial charge in [0, 0.05) is 51.5 Å². The number of carbonyl (C=O) groups excluding carboxylic acids is 1. The fourth-order valence-electron chi connectivity index (χ4n) is 3.39. The molecule has 0 saturated carbocycles. The number of pyridine rings is 1. The number of piperidine rings is 1. The van der Waals surface area contributed by atoms with Crippen LogP contribution in [0.2, 0.25) is 0 Å². The van der Waals surface area contributed by atoms with Crippen LogP contribution < -0.4 is 4.90 Å². The summed E-state index contributed by atoms with van der Waals surface area (Å²) in [6.07, 6.45) is 4.20. The second-order valence-electron chi connectivity index (χ2n) is 6.07. The van der Waals surface area contributed by atoms with E-state index in [-0.39, 0.29) is 17.8 Å². The molecule has 3 rings (SSSR count). The third kappa shape index (κ3) is 3.06. The minimum absolute atomic E-state index is 0.0414. The summed E-state index contributed by atoms with van der Waals surface area (Å²) in [7, 11) is 1.83. The number of amides is 2. The van der Waals surface area contributed by atoms with Gasteiger partial charge in [-0.2, -0.15) is 0 Å². The molecule has 1 aromatic rings. The largest absolute Gasteiger partial charge is 0.351 e. The zero-order valence-electron chi connectivity index (χ0n) is 13.2. The van der Waals surface area contributed by atoms with Gasteiger partial charge in [-0.15, -0.1) is 0 Å².